The maximum atomic E-state index is 13.3. The molecule has 25 heavy (non-hydrogen) atoms. The molecule has 0 aliphatic carbocycles. The Labute approximate surface area is 153 Å². The SMILES string of the molecule is CC1CN(C(=O)COC(=O)c2sc3cc(F)ccc3c2Cl)CC(C)O1. The number of nitrogens with zero attached hydrogens (tertiary/aromatic N) is 1. The van der Waals surface area contributed by atoms with E-state index in [2.05, 4.69) is 0 Å². The van der Waals surface area contributed by atoms with Crippen molar-refractivity contribution in [1.29, 1.82) is 0 Å². The van der Waals surface area contributed by atoms with E-state index >= 15 is 0 Å². The summed E-state index contributed by atoms with van der Waals surface area (Å²) in [5.41, 5.74) is 0. The smallest absolute Gasteiger partial charge is 0.350 e. The summed E-state index contributed by atoms with van der Waals surface area (Å²) in [6.45, 7) is 4.33. The van der Waals surface area contributed by atoms with E-state index in [1.54, 1.807) is 4.90 Å². The molecule has 1 fully saturated rings. The van der Waals surface area contributed by atoms with Crippen LogP contribution < -0.4 is 0 Å². The van der Waals surface area contributed by atoms with Gasteiger partial charge in [0.1, 0.15) is 10.7 Å². The molecule has 3 rings (SSSR count). The summed E-state index contributed by atoms with van der Waals surface area (Å²) < 4.78 is 24.5. The van der Waals surface area contributed by atoms with Crippen molar-refractivity contribution < 1.29 is 23.5 Å². The number of thiophene rings is 1. The number of fused-ring (bicyclic) bond motifs is 1. The number of esters is 1. The Bertz CT molecular complexity index is 814. The van der Waals surface area contributed by atoms with E-state index in [-0.39, 0.29) is 34.6 Å². The highest BCUT2D eigenvalue weighted by molar-refractivity contribution is 7.21. The summed E-state index contributed by atoms with van der Waals surface area (Å²) in [4.78, 5) is 26.3. The van der Waals surface area contributed by atoms with Crippen molar-refractivity contribution in [1.82, 2.24) is 4.90 Å². The van der Waals surface area contributed by atoms with Gasteiger partial charge in [0.25, 0.3) is 5.91 Å². The quantitative estimate of drug-likeness (QED) is 0.759. The molecule has 134 valence electrons. The van der Waals surface area contributed by atoms with Crippen LogP contribution in [0.5, 0.6) is 0 Å². The first-order chi connectivity index (χ1) is 11.8. The molecule has 2 atom stereocenters. The Morgan fingerprint density at radius 3 is 2.72 bits per heavy atom. The van der Waals surface area contributed by atoms with Gasteiger partial charge in [0, 0.05) is 23.2 Å². The van der Waals surface area contributed by atoms with Crippen molar-refractivity contribution in [3.63, 3.8) is 0 Å². The van der Waals surface area contributed by atoms with Gasteiger partial charge in [0.15, 0.2) is 6.61 Å². The van der Waals surface area contributed by atoms with Crippen LogP contribution in [0.2, 0.25) is 5.02 Å². The van der Waals surface area contributed by atoms with Crippen LogP contribution in [0.4, 0.5) is 4.39 Å². The molecule has 1 aliphatic heterocycles. The van der Waals surface area contributed by atoms with Gasteiger partial charge in [-0.15, -0.1) is 11.3 Å². The fourth-order valence-corrected chi connectivity index (χ4v) is 4.26. The lowest BCUT2D eigenvalue weighted by Crippen LogP contribution is -2.49. The van der Waals surface area contributed by atoms with Gasteiger partial charge in [-0.2, -0.15) is 0 Å². The van der Waals surface area contributed by atoms with E-state index in [1.165, 1.54) is 18.2 Å². The monoisotopic (exact) mass is 385 g/mol. The Morgan fingerprint density at radius 2 is 2.04 bits per heavy atom. The first-order valence-electron chi connectivity index (χ1n) is 7.83. The number of hydrogen-bond acceptors (Lipinski definition) is 5. The highest BCUT2D eigenvalue weighted by Gasteiger charge is 2.27. The van der Waals surface area contributed by atoms with E-state index in [0.29, 0.717) is 23.2 Å². The molecule has 2 unspecified atom stereocenters. The van der Waals surface area contributed by atoms with E-state index in [4.69, 9.17) is 21.1 Å². The molecule has 1 aliphatic rings. The molecular formula is C17H17ClFNO4S. The highest BCUT2D eigenvalue weighted by Crippen LogP contribution is 2.36. The summed E-state index contributed by atoms with van der Waals surface area (Å²) in [5, 5.41) is 0.799. The van der Waals surface area contributed by atoms with Crippen molar-refractivity contribution in [3.05, 3.63) is 33.9 Å². The molecule has 1 amide bonds. The second kappa shape index (κ2) is 7.27. The van der Waals surface area contributed by atoms with Gasteiger partial charge in [-0.25, -0.2) is 9.18 Å². The van der Waals surface area contributed by atoms with E-state index in [9.17, 15) is 14.0 Å². The van der Waals surface area contributed by atoms with Crippen molar-refractivity contribution in [2.24, 2.45) is 0 Å². The van der Waals surface area contributed by atoms with Crippen molar-refractivity contribution in [2.75, 3.05) is 19.7 Å². The second-order valence-corrected chi connectivity index (χ2v) is 7.45. The topological polar surface area (TPSA) is 55.8 Å². The molecule has 8 heteroatoms. The van der Waals surface area contributed by atoms with Gasteiger partial charge < -0.3 is 14.4 Å². The number of ether oxygens (including phenoxy) is 2. The summed E-state index contributed by atoms with van der Waals surface area (Å²) in [7, 11) is 0. The summed E-state index contributed by atoms with van der Waals surface area (Å²) in [6, 6.07) is 4.10. The third kappa shape index (κ3) is 3.94. The van der Waals surface area contributed by atoms with E-state index in [1.807, 2.05) is 13.8 Å². The molecule has 0 saturated carbocycles. The maximum Gasteiger partial charge on any atom is 0.350 e. The molecule has 2 aromatic rings. The number of amides is 1. The molecule has 2 heterocycles. The van der Waals surface area contributed by atoms with Crippen LogP contribution in [0, 0.1) is 5.82 Å². The molecular weight excluding hydrogens is 369 g/mol. The van der Waals surface area contributed by atoms with Crippen LogP contribution in [-0.2, 0) is 14.3 Å². The fourth-order valence-electron chi connectivity index (χ4n) is 2.84. The summed E-state index contributed by atoms with van der Waals surface area (Å²) in [5.74, 6) is -1.37. The Morgan fingerprint density at radius 1 is 1.36 bits per heavy atom. The number of halogens is 2. The second-order valence-electron chi connectivity index (χ2n) is 6.02. The molecule has 1 aromatic heterocycles. The minimum Gasteiger partial charge on any atom is -0.451 e. The molecule has 0 bridgehead atoms. The lowest BCUT2D eigenvalue weighted by Gasteiger charge is -2.35. The number of morpholine rings is 1. The van der Waals surface area contributed by atoms with Crippen LogP contribution in [0.15, 0.2) is 18.2 Å². The van der Waals surface area contributed by atoms with Crippen molar-refractivity contribution >= 4 is 44.9 Å². The minimum absolute atomic E-state index is 0.0599. The number of rotatable bonds is 3. The van der Waals surface area contributed by atoms with Crippen LogP contribution >= 0.6 is 22.9 Å². The minimum atomic E-state index is -0.686. The van der Waals surface area contributed by atoms with Gasteiger partial charge in [0.05, 0.1) is 17.2 Å². The van der Waals surface area contributed by atoms with Gasteiger partial charge in [-0.1, -0.05) is 11.6 Å². The van der Waals surface area contributed by atoms with Crippen molar-refractivity contribution in [2.45, 2.75) is 26.1 Å². The van der Waals surface area contributed by atoms with Crippen molar-refractivity contribution in [3.8, 4) is 0 Å². The van der Waals surface area contributed by atoms with Crippen LogP contribution in [0.3, 0.4) is 0 Å². The molecule has 0 N–H and O–H groups in total. The van der Waals surface area contributed by atoms with Gasteiger partial charge in [-0.05, 0) is 32.0 Å². The zero-order valence-electron chi connectivity index (χ0n) is 13.8. The molecule has 5 nitrogen and oxygen atoms in total. The summed E-state index contributed by atoms with van der Waals surface area (Å²) in [6.07, 6.45) is -0.120. The zero-order valence-corrected chi connectivity index (χ0v) is 15.3. The molecule has 0 radical (unpaired) electrons. The average Bonchev–Trinajstić information content (AvgIpc) is 2.87. The normalized spacial score (nSPS) is 20.7. The lowest BCUT2D eigenvalue weighted by molar-refractivity contribution is -0.146. The fraction of sp³-hybridized carbons (Fsp3) is 0.412. The lowest BCUT2D eigenvalue weighted by atomic mass is 10.2. The summed E-state index contributed by atoms with van der Waals surface area (Å²) >= 11 is 7.22. The van der Waals surface area contributed by atoms with Crippen LogP contribution in [0.25, 0.3) is 10.1 Å². The Balaban J connectivity index is 1.66. The molecule has 1 saturated heterocycles. The number of benzene rings is 1. The molecule has 1 aromatic carbocycles. The number of carbonyl (C=O) groups excluding carboxylic acids is 2. The Kier molecular flexibility index (Phi) is 5.27. The zero-order chi connectivity index (χ0) is 18.1. The van der Waals surface area contributed by atoms with Gasteiger partial charge in [-0.3, -0.25) is 4.79 Å². The Hall–Kier alpha value is -1.70. The third-order valence-corrected chi connectivity index (χ3v) is 5.51. The van der Waals surface area contributed by atoms with Gasteiger partial charge >= 0.3 is 5.97 Å². The average molecular weight is 386 g/mol. The van der Waals surface area contributed by atoms with Crippen LogP contribution in [0.1, 0.15) is 23.5 Å². The third-order valence-electron chi connectivity index (χ3n) is 3.88. The predicted molar refractivity (Wildman–Crippen MR) is 93.7 cm³/mol. The maximum absolute atomic E-state index is 13.3. The first-order valence-corrected chi connectivity index (χ1v) is 9.02. The largest absolute Gasteiger partial charge is 0.451 e. The highest BCUT2D eigenvalue weighted by atomic mass is 35.5. The first kappa shape index (κ1) is 18.1. The van der Waals surface area contributed by atoms with Crippen LogP contribution in [-0.4, -0.2) is 48.7 Å². The number of carbonyl (C=O) groups is 2. The van der Waals surface area contributed by atoms with E-state index < -0.39 is 11.8 Å². The standard InChI is InChI=1S/C17H17ClFNO4S/c1-9-6-20(7-10(2)24-9)14(21)8-23-17(22)16-15(18)12-4-3-11(19)5-13(12)25-16/h3-5,9-10H,6-8H2,1-2H3. The predicted octanol–water partition coefficient (Wildman–Crippen LogP) is 3.49. The van der Waals surface area contributed by atoms with E-state index in [0.717, 1.165) is 11.3 Å². The molecule has 0 spiro atoms. The number of hydrogen-bond donors (Lipinski definition) is 0. The van der Waals surface area contributed by atoms with Gasteiger partial charge in [0.2, 0.25) is 0 Å².